The van der Waals surface area contributed by atoms with Crippen LogP contribution in [0.4, 0.5) is 11.5 Å². The molecule has 1 aliphatic rings. The second-order valence-corrected chi connectivity index (χ2v) is 4.55. The monoisotopic (exact) mass is 281 g/mol. The Labute approximate surface area is 115 Å². The molecule has 0 unspecified atom stereocenters. The zero-order valence-electron chi connectivity index (χ0n) is 11.0. The highest BCUT2D eigenvalue weighted by Crippen LogP contribution is 2.29. The molecule has 0 atom stereocenters. The highest BCUT2D eigenvalue weighted by Gasteiger charge is 2.27. The first-order chi connectivity index (χ1) is 9.52. The predicted octanol–water partition coefficient (Wildman–Crippen LogP) is 1.30. The van der Waals surface area contributed by atoms with E-state index in [0.717, 1.165) is 25.1 Å². The standard InChI is InChI=1S/C12H15N3O5/c1-20-9-2-4-14(5-3-9)11-10(15(18)19)6-8(7-13-11)12(16)17/h6-7,9H,2-5H2,1H3,(H,16,17). The zero-order chi connectivity index (χ0) is 14.7. The predicted molar refractivity (Wildman–Crippen MR) is 70.1 cm³/mol. The molecule has 0 amide bonds. The molecule has 0 bridgehead atoms. The van der Waals surface area contributed by atoms with E-state index < -0.39 is 10.9 Å². The molecule has 1 saturated heterocycles. The van der Waals surface area contributed by atoms with Crippen LogP contribution in [0.1, 0.15) is 23.2 Å². The Kier molecular flexibility index (Phi) is 4.14. The van der Waals surface area contributed by atoms with Gasteiger partial charge in [0.05, 0.1) is 16.6 Å². The summed E-state index contributed by atoms with van der Waals surface area (Å²) in [5.41, 5.74) is -0.465. The second kappa shape index (κ2) is 5.83. The molecule has 8 heteroatoms. The summed E-state index contributed by atoms with van der Waals surface area (Å²) >= 11 is 0. The molecule has 1 fully saturated rings. The number of ether oxygens (including phenoxy) is 1. The lowest BCUT2D eigenvalue weighted by atomic mass is 10.1. The number of carboxylic acid groups (broad SMARTS) is 1. The Morgan fingerprint density at radius 3 is 2.70 bits per heavy atom. The molecule has 1 N–H and O–H groups in total. The van der Waals surface area contributed by atoms with Gasteiger partial charge in [0, 0.05) is 32.5 Å². The topological polar surface area (TPSA) is 106 Å². The Bertz CT molecular complexity index is 526. The number of pyridine rings is 1. The number of hydrogen-bond donors (Lipinski definition) is 1. The van der Waals surface area contributed by atoms with Crippen molar-refractivity contribution in [1.29, 1.82) is 0 Å². The van der Waals surface area contributed by atoms with Crippen LogP contribution in [-0.4, -0.2) is 47.3 Å². The van der Waals surface area contributed by atoms with Gasteiger partial charge in [-0.3, -0.25) is 10.1 Å². The number of hydrogen-bond acceptors (Lipinski definition) is 6. The number of piperidine rings is 1. The third-order valence-electron chi connectivity index (χ3n) is 3.37. The Balaban J connectivity index is 2.27. The number of rotatable bonds is 4. The highest BCUT2D eigenvalue weighted by atomic mass is 16.6. The van der Waals surface area contributed by atoms with Crippen LogP contribution in [0.2, 0.25) is 0 Å². The molecular formula is C12H15N3O5. The lowest BCUT2D eigenvalue weighted by Crippen LogP contribution is -2.37. The van der Waals surface area contributed by atoms with Crippen molar-refractivity contribution in [2.45, 2.75) is 18.9 Å². The first-order valence-corrected chi connectivity index (χ1v) is 6.18. The molecular weight excluding hydrogens is 266 g/mol. The minimum absolute atomic E-state index is 0.156. The third kappa shape index (κ3) is 2.85. The van der Waals surface area contributed by atoms with E-state index in [1.165, 1.54) is 0 Å². The van der Waals surface area contributed by atoms with Gasteiger partial charge in [-0.15, -0.1) is 0 Å². The molecule has 2 rings (SSSR count). The molecule has 1 aliphatic heterocycles. The van der Waals surface area contributed by atoms with Crippen molar-refractivity contribution in [3.63, 3.8) is 0 Å². The fourth-order valence-corrected chi connectivity index (χ4v) is 2.24. The van der Waals surface area contributed by atoms with E-state index in [4.69, 9.17) is 9.84 Å². The molecule has 0 spiro atoms. The van der Waals surface area contributed by atoms with Crippen LogP contribution >= 0.6 is 0 Å². The van der Waals surface area contributed by atoms with Crippen LogP contribution in [0.3, 0.4) is 0 Å². The smallest absolute Gasteiger partial charge is 0.337 e. The second-order valence-electron chi connectivity index (χ2n) is 4.55. The van der Waals surface area contributed by atoms with Crippen LogP contribution in [-0.2, 0) is 4.74 Å². The van der Waals surface area contributed by atoms with Gasteiger partial charge in [0.15, 0.2) is 0 Å². The van der Waals surface area contributed by atoms with Gasteiger partial charge >= 0.3 is 11.7 Å². The van der Waals surface area contributed by atoms with Gasteiger partial charge in [-0.25, -0.2) is 9.78 Å². The number of nitrogens with zero attached hydrogens (tertiary/aromatic N) is 3. The summed E-state index contributed by atoms with van der Waals surface area (Å²) in [5.74, 6) is -1.01. The van der Waals surface area contributed by atoms with Crippen molar-refractivity contribution >= 4 is 17.5 Å². The molecule has 108 valence electrons. The summed E-state index contributed by atoms with van der Waals surface area (Å²) in [6, 6.07) is 1.05. The van der Waals surface area contributed by atoms with Gasteiger partial charge in [-0.2, -0.15) is 0 Å². The lowest BCUT2D eigenvalue weighted by Gasteiger charge is -2.31. The maximum atomic E-state index is 11.1. The average molecular weight is 281 g/mol. The highest BCUT2D eigenvalue weighted by molar-refractivity contribution is 5.88. The normalized spacial score (nSPS) is 16.1. The maximum Gasteiger partial charge on any atom is 0.337 e. The van der Waals surface area contributed by atoms with E-state index in [1.54, 1.807) is 12.0 Å². The molecule has 20 heavy (non-hydrogen) atoms. The lowest BCUT2D eigenvalue weighted by molar-refractivity contribution is -0.384. The van der Waals surface area contributed by atoms with Crippen LogP contribution in [0, 0.1) is 10.1 Å². The molecule has 0 aromatic carbocycles. The number of nitro groups is 1. The van der Waals surface area contributed by atoms with Gasteiger partial charge in [0.1, 0.15) is 0 Å². The summed E-state index contributed by atoms with van der Waals surface area (Å²) in [6.07, 6.45) is 2.82. The SMILES string of the molecule is COC1CCN(c2ncc(C(=O)O)cc2[N+](=O)[O-])CC1. The van der Waals surface area contributed by atoms with E-state index in [0.29, 0.717) is 13.1 Å². The summed E-state index contributed by atoms with van der Waals surface area (Å²) in [6.45, 7) is 1.19. The number of carboxylic acids is 1. The number of aromatic nitrogens is 1. The Hall–Kier alpha value is -2.22. The average Bonchev–Trinajstić information content (AvgIpc) is 2.46. The van der Waals surface area contributed by atoms with Crippen molar-refractivity contribution in [2.75, 3.05) is 25.1 Å². The number of methoxy groups -OCH3 is 1. The minimum atomic E-state index is -1.23. The first kappa shape index (κ1) is 14.2. The number of anilines is 1. The molecule has 2 heterocycles. The van der Waals surface area contributed by atoms with Gasteiger partial charge in [0.2, 0.25) is 5.82 Å². The maximum absolute atomic E-state index is 11.1. The van der Waals surface area contributed by atoms with Crippen LogP contribution in [0.5, 0.6) is 0 Å². The number of aromatic carboxylic acids is 1. The van der Waals surface area contributed by atoms with E-state index in [1.807, 2.05) is 0 Å². The van der Waals surface area contributed by atoms with E-state index in [9.17, 15) is 14.9 Å². The number of carbonyl (C=O) groups is 1. The molecule has 0 radical (unpaired) electrons. The van der Waals surface area contributed by atoms with E-state index >= 15 is 0 Å². The summed E-state index contributed by atoms with van der Waals surface area (Å²) in [7, 11) is 1.64. The minimum Gasteiger partial charge on any atom is -0.478 e. The molecule has 0 saturated carbocycles. The van der Waals surface area contributed by atoms with Gasteiger partial charge in [-0.05, 0) is 12.8 Å². The van der Waals surface area contributed by atoms with Crippen molar-refractivity contribution in [1.82, 2.24) is 4.98 Å². The fraction of sp³-hybridized carbons (Fsp3) is 0.500. The molecule has 0 aliphatic carbocycles. The largest absolute Gasteiger partial charge is 0.478 e. The van der Waals surface area contributed by atoms with Crippen molar-refractivity contribution in [2.24, 2.45) is 0 Å². The summed E-state index contributed by atoms with van der Waals surface area (Å²) in [4.78, 5) is 27.1. The molecule has 1 aromatic rings. The fourth-order valence-electron chi connectivity index (χ4n) is 2.24. The van der Waals surface area contributed by atoms with Crippen molar-refractivity contribution < 1.29 is 19.6 Å². The quantitative estimate of drug-likeness (QED) is 0.654. The third-order valence-corrected chi connectivity index (χ3v) is 3.37. The zero-order valence-corrected chi connectivity index (χ0v) is 11.0. The molecule has 8 nitrogen and oxygen atoms in total. The van der Waals surface area contributed by atoms with Crippen LogP contribution < -0.4 is 4.90 Å². The Morgan fingerprint density at radius 2 is 2.20 bits per heavy atom. The van der Waals surface area contributed by atoms with Crippen LogP contribution in [0.15, 0.2) is 12.3 Å². The van der Waals surface area contributed by atoms with Gasteiger partial charge < -0.3 is 14.7 Å². The van der Waals surface area contributed by atoms with Crippen LogP contribution in [0.25, 0.3) is 0 Å². The van der Waals surface area contributed by atoms with Gasteiger partial charge in [-0.1, -0.05) is 0 Å². The van der Waals surface area contributed by atoms with E-state index in [2.05, 4.69) is 4.98 Å². The first-order valence-electron chi connectivity index (χ1n) is 6.18. The van der Waals surface area contributed by atoms with Crippen molar-refractivity contribution in [3.8, 4) is 0 Å². The van der Waals surface area contributed by atoms with E-state index in [-0.39, 0.29) is 23.2 Å². The molecule has 1 aromatic heterocycles. The summed E-state index contributed by atoms with van der Waals surface area (Å²) in [5, 5.41) is 19.9. The Morgan fingerprint density at radius 1 is 1.55 bits per heavy atom. The van der Waals surface area contributed by atoms with Gasteiger partial charge in [0.25, 0.3) is 0 Å². The van der Waals surface area contributed by atoms with Crippen molar-refractivity contribution in [3.05, 3.63) is 27.9 Å². The summed E-state index contributed by atoms with van der Waals surface area (Å²) < 4.78 is 5.24.